The van der Waals surface area contributed by atoms with E-state index in [1.54, 1.807) is 0 Å². The topological polar surface area (TPSA) is 83.6 Å². The molecule has 3 N–H and O–H groups in total. The standard InChI is InChI=1S/C11H15FN2O3S/c1-7-10(12)4-8(13)5-11(7)18(16,17)14-3-2-9(15)6-14/h4-5,9,15H,2-3,6,13H2,1H3. The third kappa shape index (κ3) is 2.21. The predicted octanol–water partition coefficient (Wildman–Crippen LogP) is 0.472. The number of nitrogens with zero attached hydrogens (tertiary/aromatic N) is 1. The van der Waals surface area contributed by atoms with Gasteiger partial charge in [0.1, 0.15) is 5.82 Å². The van der Waals surface area contributed by atoms with Gasteiger partial charge in [0.25, 0.3) is 0 Å². The minimum absolute atomic E-state index is 0.0399. The smallest absolute Gasteiger partial charge is 0.243 e. The number of halogens is 1. The molecule has 0 aliphatic carbocycles. The first kappa shape index (κ1) is 13.3. The Labute approximate surface area is 105 Å². The molecule has 18 heavy (non-hydrogen) atoms. The molecule has 0 saturated carbocycles. The molecule has 100 valence electrons. The van der Waals surface area contributed by atoms with Crippen molar-refractivity contribution in [1.29, 1.82) is 0 Å². The number of sulfonamides is 1. The summed E-state index contributed by atoms with van der Waals surface area (Å²) in [6, 6.07) is 2.34. The molecule has 0 radical (unpaired) electrons. The van der Waals surface area contributed by atoms with Crippen LogP contribution in [0, 0.1) is 12.7 Å². The number of hydrogen-bond donors (Lipinski definition) is 2. The van der Waals surface area contributed by atoms with Crippen LogP contribution in [0.15, 0.2) is 17.0 Å². The van der Waals surface area contributed by atoms with E-state index < -0.39 is 21.9 Å². The summed E-state index contributed by atoms with van der Waals surface area (Å²) in [7, 11) is -3.79. The second kappa shape index (κ2) is 4.49. The number of anilines is 1. The number of aliphatic hydroxyl groups is 1. The first-order valence-electron chi connectivity index (χ1n) is 5.56. The molecule has 1 unspecified atom stereocenters. The minimum Gasteiger partial charge on any atom is -0.399 e. The molecule has 0 aromatic heterocycles. The van der Waals surface area contributed by atoms with E-state index in [0.717, 1.165) is 10.4 Å². The molecule has 1 aliphatic rings. The van der Waals surface area contributed by atoms with Gasteiger partial charge in [0.15, 0.2) is 0 Å². The fourth-order valence-corrected chi connectivity index (χ4v) is 3.77. The Kier molecular flexibility index (Phi) is 3.31. The molecule has 7 heteroatoms. The van der Waals surface area contributed by atoms with E-state index >= 15 is 0 Å². The quantitative estimate of drug-likeness (QED) is 0.768. The summed E-state index contributed by atoms with van der Waals surface area (Å²) in [6.07, 6.45) is -0.269. The summed E-state index contributed by atoms with van der Waals surface area (Å²) < 4.78 is 39.3. The maximum absolute atomic E-state index is 13.5. The number of aliphatic hydroxyl groups excluding tert-OH is 1. The average molecular weight is 274 g/mol. The summed E-state index contributed by atoms with van der Waals surface area (Å²) >= 11 is 0. The van der Waals surface area contributed by atoms with Gasteiger partial charge in [-0.3, -0.25) is 0 Å². The van der Waals surface area contributed by atoms with Crippen molar-refractivity contribution in [2.24, 2.45) is 0 Å². The van der Waals surface area contributed by atoms with Crippen LogP contribution in [-0.2, 0) is 10.0 Å². The second-order valence-corrected chi connectivity index (χ2v) is 6.34. The highest BCUT2D eigenvalue weighted by Crippen LogP contribution is 2.27. The number of nitrogens with two attached hydrogens (primary N) is 1. The molecule has 1 aromatic carbocycles. The SMILES string of the molecule is Cc1c(F)cc(N)cc1S(=O)(=O)N1CCC(O)C1. The van der Waals surface area contributed by atoms with Crippen molar-refractivity contribution in [2.75, 3.05) is 18.8 Å². The zero-order valence-electron chi connectivity index (χ0n) is 9.93. The highest BCUT2D eigenvalue weighted by molar-refractivity contribution is 7.89. The number of benzene rings is 1. The van der Waals surface area contributed by atoms with Crippen molar-refractivity contribution in [3.05, 3.63) is 23.5 Å². The van der Waals surface area contributed by atoms with Crippen molar-refractivity contribution >= 4 is 15.7 Å². The van der Waals surface area contributed by atoms with E-state index in [9.17, 15) is 17.9 Å². The van der Waals surface area contributed by atoms with Crippen LogP contribution in [0.1, 0.15) is 12.0 Å². The number of hydrogen-bond acceptors (Lipinski definition) is 4. The fraction of sp³-hybridized carbons (Fsp3) is 0.455. The highest BCUT2D eigenvalue weighted by atomic mass is 32.2. The second-order valence-electron chi connectivity index (χ2n) is 4.43. The van der Waals surface area contributed by atoms with Crippen LogP contribution < -0.4 is 5.73 Å². The first-order valence-corrected chi connectivity index (χ1v) is 7.00. The van der Waals surface area contributed by atoms with Crippen LogP contribution in [-0.4, -0.2) is 37.0 Å². The van der Waals surface area contributed by atoms with Gasteiger partial charge in [-0.25, -0.2) is 12.8 Å². The normalized spacial score (nSPS) is 21.4. The van der Waals surface area contributed by atoms with Gasteiger partial charge in [-0.1, -0.05) is 0 Å². The Balaban J connectivity index is 2.48. The maximum Gasteiger partial charge on any atom is 0.243 e. The Morgan fingerprint density at radius 2 is 2.17 bits per heavy atom. The van der Waals surface area contributed by atoms with Crippen LogP contribution in [0.3, 0.4) is 0 Å². The summed E-state index contributed by atoms with van der Waals surface area (Å²) in [5.74, 6) is -0.645. The maximum atomic E-state index is 13.5. The molecular weight excluding hydrogens is 259 g/mol. The monoisotopic (exact) mass is 274 g/mol. The van der Waals surface area contributed by atoms with Gasteiger partial charge in [-0.2, -0.15) is 4.31 Å². The van der Waals surface area contributed by atoms with Gasteiger partial charge in [0, 0.05) is 24.3 Å². The summed E-state index contributed by atoms with van der Waals surface area (Å²) in [6.45, 7) is 1.67. The van der Waals surface area contributed by atoms with Gasteiger partial charge in [-0.15, -0.1) is 0 Å². The van der Waals surface area contributed by atoms with E-state index in [-0.39, 0.29) is 29.2 Å². The lowest BCUT2D eigenvalue weighted by Crippen LogP contribution is -2.30. The van der Waals surface area contributed by atoms with Gasteiger partial charge in [0.2, 0.25) is 10.0 Å². The molecule has 0 spiro atoms. The molecule has 2 rings (SSSR count). The Bertz CT molecular complexity index is 574. The van der Waals surface area contributed by atoms with Crippen molar-refractivity contribution in [3.63, 3.8) is 0 Å². The molecule has 1 saturated heterocycles. The summed E-state index contributed by atoms with van der Waals surface area (Å²) in [5, 5.41) is 9.38. The first-order chi connectivity index (χ1) is 8.32. The third-order valence-electron chi connectivity index (χ3n) is 3.06. The molecule has 0 bridgehead atoms. The van der Waals surface area contributed by atoms with Gasteiger partial charge >= 0.3 is 0 Å². The molecule has 1 aromatic rings. The molecule has 1 aliphatic heterocycles. The lowest BCUT2D eigenvalue weighted by Gasteiger charge is -2.18. The van der Waals surface area contributed by atoms with Crippen molar-refractivity contribution < 1.29 is 17.9 Å². The minimum atomic E-state index is -3.79. The van der Waals surface area contributed by atoms with Gasteiger partial charge < -0.3 is 10.8 Å². The van der Waals surface area contributed by atoms with E-state index in [2.05, 4.69) is 0 Å². The Morgan fingerprint density at radius 3 is 2.72 bits per heavy atom. The van der Waals surface area contributed by atoms with Crippen LogP contribution in [0.5, 0.6) is 0 Å². The zero-order chi connectivity index (χ0) is 13.5. The average Bonchev–Trinajstić information content (AvgIpc) is 2.70. The molecule has 5 nitrogen and oxygen atoms in total. The number of rotatable bonds is 2. The lowest BCUT2D eigenvalue weighted by atomic mass is 10.2. The summed E-state index contributed by atoms with van der Waals surface area (Å²) in [5.41, 5.74) is 5.59. The van der Waals surface area contributed by atoms with Crippen molar-refractivity contribution in [3.8, 4) is 0 Å². The lowest BCUT2D eigenvalue weighted by molar-refractivity contribution is 0.189. The zero-order valence-corrected chi connectivity index (χ0v) is 10.7. The van der Waals surface area contributed by atoms with Gasteiger partial charge in [-0.05, 0) is 25.5 Å². The van der Waals surface area contributed by atoms with E-state index in [1.807, 2.05) is 0 Å². The number of β-amino-alcohol motifs (C(OH)–C–C–N with tert-alkyl or cyclic N) is 1. The largest absolute Gasteiger partial charge is 0.399 e. The van der Waals surface area contributed by atoms with E-state index in [0.29, 0.717) is 6.42 Å². The molecular formula is C11H15FN2O3S. The van der Waals surface area contributed by atoms with Crippen LogP contribution in [0.25, 0.3) is 0 Å². The van der Waals surface area contributed by atoms with Crippen LogP contribution in [0.4, 0.5) is 10.1 Å². The van der Waals surface area contributed by atoms with E-state index in [1.165, 1.54) is 13.0 Å². The predicted molar refractivity (Wildman–Crippen MR) is 64.9 cm³/mol. The van der Waals surface area contributed by atoms with Crippen LogP contribution in [0.2, 0.25) is 0 Å². The van der Waals surface area contributed by atoms with Crippen LogP contribution >= 0.6 is 0 Å². The van der Waals surface area contributed by atoms with Crippen molar-refractivity contribution in [2.45, 2.75) is 24.3 Å². The summed E-state index contributed by atoms with van der Waals surface area (Å²) in [4.78, 5) is -0.130. The Morgan fingerprint density at radius 1 is 1.50 bits per heavy atom. The molecule has 1 atom stereocenters. The molecule has 0 amide bonds. The molecule has 1 heterocycles. The number of nitrogen functional groups attached to an aromatic ring is 1. The fourth-order valence-electron chi connectivity index (χ4n) is 2.01. The van der Waals surface area contributed by atoms with Gasteiger partial charge in [0.05, 0.1) is 11.0 Å². The Hall–Kier alpha value is -1.18. The highest BCUT2D eigenvalue weighted by Gasteiger charge is 2.33. The van der Waals surface area contributed by atoms with E-state index in [4.69, 9.17) is 5.73 Å². The van der Waals surface area contributed by atoms with Crippen molar-refractivity contribution in [1.82, 2.24) is 4.31 Å². The third-order valence-corrected chi connectivity index (χ3v) is 5.05. The molecule has 1 fully saturated rings.